The zero-order valence-electron chi connectivity index (χ0n) is 8.88. The molecule has 0 unspecified atom stereocenters. The summed E-state index contributed by atoms with van der Waals surface area (Å²) in [5, 5.41) is 8.00. The second kappa shape index (κ2) is 3.34. The number of aryl methyl sites for hydroxylation is 2. The van der Waals surface area contributed by atoms with Crippen molar-refractivity contribution >= 4 is 21.7 Å². The molecule has 3 aromatic heterocycles. The van der Waals surface area contributed by atoms with Crippen LogP contribution in [-0.4, -0.2) is 25.0 Å². The number of aromatic nitrogens is 5. The van der Waals surface area contributed by atoms with Gasteiger partial charge in [0.1, 0.15) is 10.5 Å². The summed E-state index contributed by atoms with van der Waals surface area (Å²) in [4.78, 5) is 9.70. The van der Waals surface area contributed by atoms with E-state index >= 15 is 0 Å². The SMILES string of the molecule is Cc1nnn(C)c1-c1ccc2ncsc2n1. The highest BCUT2D eigenvalue weighted by Crippen LogP contribution is 2.23. The molecule has 0 aromatic carbocycles. The van der Waals surface area contributed by atoms with Gasteiger partial charge in [0.15, 0.2) is 0 Å². The monoisotopic (exact) mass is 231 g/mol. The van der Waals surface area contributed by atoms with E-state index in [1.807, 2.05) is 26.1 Å². The predicted octanol–water partition coefficient (Wildman–Crippen LogP) is 1.80. The molecule has 0 N–H and O–H groups in total. The van der Waals surface area contributed by atoms with E-state index in [1.165, 1.54) is 11.3 Å². The average molecular weight is 231 g/mol. The van der Waals surface area contributed by atoms with Crippen molar-refractivity contribution in [1.82, 2.24) is 25.0 Å². The quantitative estimate of drug-likeness (QED) is 0.640. The van der Waals surface area contributed by atoms with Crippen LogP contribution >= 0.6 is 11.3 Å². The van der Waals surface area contributed by atoms with Crippen LogP contribution in [0, 0.1) is 6.92 Å². The summed E-state index contributed by atoms with van der Waals surface area (Å²) < 4.78 is 1.74. The van der Waals surface area contributed by atoms with Gasteiger partial charge in [-0.15, -0.1) is 16.4 Å². The van der Waals surface area contributed by atoms with Crippen LogP contribution in [0.15, 0.2) is 17.6 Å². The normalized spacial score (nSPS) is 11.1. The van der Waals surface area contributed by atoms with Gasteiger partial charge in [-0.1, -0.05) is 5.21 Å². The fourth-order valence-corrected chi connectivity index (χ4v) is 2.35. The van der Waals surface area contributed by atoms with Crippen LogP contribution in [0.4, 0.5) is 0 Å². The highest BCUT2D eigenvalue weighted by molar-refractivity contribution is 7.16. The average Bonchev–Trinajstić information content (AvgIpc) is 2.85. The Morgan fingerprint density at radius 3 is 2.94 bits per heavy atom. The van der Waals surface area contributed by atoms with Crippen molar-refractivity contribution in [3.63, 3.8) is 0 Å². The third kappa shape index (κ3) is 1.30. The molecule has 3 heterocycles. The van der Waals surface area contributed by atoms with Gasteiger partial charge >= 0.3 is 0 Å². The van der Waals surface area contributed by atoms with Crippen molar-refractivity contribution in [2.45, 2.75) is 6.92 Å². The molecule has 6 heteroatoms. The summed E-state index contributed by atoms with van der Waals surface area (Å²) in [7, 11) is 1.87. The Hall–Kier alpha value is -1.82. The van der Waals surface area contributed by atoms with Crippen molar-refractivity contribution in [2.75, 3.05) is 0 Å². The van der Waals surface area contributed by atoms with E-state index in [2.05, 4.69) is 20.3 Å². The first kappa shape index (κ1) is 9.41. The Morgan fingerprint density at radius 2 is 2.19 bits per heavy atom. The molecule has 0 spiro atoms. The molecule has 0 atom stereocenters. The van der Waals surface area contributed by atoms with Crippen LogP contribution in [0.3, 0.4) is 0 Å². The molecule has 80 valence electrons. The van der Waals surface area contributed by atoms with Gasteiger partial charge in [-0.05, 0) is 19.1 Å². The summed E-state index contributed by atoms with van der Waals surface area (Å²) in [5.41, 5.74) is 5.47. The molecule has 0 aliphatic heterocycles. The molecule has 0 saturated carbocycles. The van der Waals surface area contributed by atoms with Crippen molar-refractivity contribution < 1.29 is 0 Å². The molecular formula is C10H9N5S. The van der Waals surface area contributed by atoms with Crippen LogP contribution in [0.25, 0.3) is 21.7 Å². The lowest BCUT2D eigenvalue weighted by Gasteiger charge is -2.00. The molecule has 5 nitrogen and oxygen atoms in total. The van der Waals surface area contributed by atoms with Gasteiger partial charge in [-0.25, -0.2) is 14.6 Å². The van der Waals surface area contributed by atoms with Gasteiger partial charge in [0, 0.05) is 7.05 Å². The summed E-state index contributed by atoms with van der Waals surface area (Å²) in [6.07, 6.45) is 0. The molecule has 3 aromatic rings. The van der Waals surface area contributed by atoms with E-state index in [0.29, 0.717) is 0 Å². The predicted molar refractivity (Wildman–Crippen MR) is 62.1 cm³/mol. The minimum Gasteiger partial charge on any atom is -0.246 e. The van der Waals surface area contributed by atoms with E-state index in [9.17, 15) is 0 Å². The van der Waals surface area contributed by atoms with Gasteiger partial charge < -0.3 is 0 Å². The van der Waals surface area contributed by atoms with Crippen molar-refractivity contribution in [1.29, 1.82) is 0 Å². The minimum absolute atomic E-state index is 0.888. The maximum Gasteiger partial charge on any atom is 0.143 e. The number of rotatable bonds is 1. The highest BCUT2D eigenvalue weighted by atomic mass is 32.1. The Morgan fingerprint density at radius 1 is 1.31 bits per heavy atom. The summed E-state index contributed by atoms with van der Waals surface area (Å²) in [6.45, 7) is 1.93. The molecule has 0 aliphatic carbocycles. The zero-order valence-corrected chi connectivity index (χ0v) is 9.69. The topological polar surface area (TPSA) is 56.5 Å². The molecule has 0 amide bonds. The van der Waals surface area contributed by atoms with Gasteiger partial charge in [0.05, 0.1) is 22.4 Å². The van der Waals surface area contributed by atoms with Crippen LogP contribution < -0.4 is 0 Å². The molecule has 0 aliphatic rings. The maximum absolute atomic E-state index is 4.55. The van der Waals surface area contributed by atoms with E-state index < -0.39 is 0 Å². The highest BCUT2D eigenvalue weighted by Gasteiger charge is 2.11. The van der Waals surface area contributed by atoms with E-state index in [1.54, 1.807) is 10.2 Å². The van der Waals surface area contributed by atoms with Gasteiger partial charge in [0.25, 0.3) is 0 Å². The number of hydrogen-bond donors (Lipinski definition) is 0. The van der Waals surface area contributed by atoms with E-state index in [4.69, 9.17) is 0 Å². The largest absolute Gasteiger partial charge is 0.246 e. The summed E-state index contributed by atoms with van der Waals surface area (Å²) in [5.74, 6) is 0. The minimum atomic E-state index is 0.888. The Kier molecular flexibility index (Phi) is 1.97. The Labute approximate surface area is 95.8 Å². The Bertz CT molecular complexity index is 635. The fraction of sp³-hybridized carbons (Fsp3) is 0.200. The molecule has 0 radical (unpaired) electrons. The standard InChI is InChI=1S/C10H9N5S/c1-6-9(15(2)14-13-6)7-3-4-8-10(12-7)16-5-11-8/h3-5H,1-2H3. The zero-order chi connectivity index (χ0) is 11.1. The lowest BCUT2D eigenvalue weighted by atomic mass is 10.2. The molecule has 0 bridgehead atoms. The van der Waals surface area contributed by atoms with E-state index in [-0.39, 0.29) is 0 Å². The number of thiazole rings is 1. The number of hydrogen-bond acceptors (Lipinski definition) is 5. The second-order valence-electron chi connectivity index (χ2n) is 3.52. The van der Waals surface area contributed by atoms with Gasteiger partial charge in [-0.3, -0.25) is 0 Å². The molecule has 16 heavy (non-hydrogen) atoms. The molecule has 0 saturated heterocycles. The number of pyridine rings is 1. The lowest BCUT2D eigenvalue weighted by molar-refractivity contribution is 0.718. The van der Waals surface area contributed by atoms with Crippen molar-refractivity contribution in [3.8, 4) is 11.4 Å². The lowest BCUT2D eigenvalue weighted by Crippen LogP contribution is -1.96. The first-order valence-corrected chi connectivity index (χ1v) is 5.70. The molecular weight excluding hydrogens is 222 g/mol. The first-order chi connectivity index (χ1) is 7.75. The van der Waals surface area contributed by atoms with E-state index in [0.717, 1.165) is 27.4 Å². The molecule has 0 fully saturated rings. The summed E-state index contributed by atoms with van der Waals surface area (Å²) >= 11 is 1.54. The smallest absolute Gasteiger partial charge is 0.143 e. The first-order valence-electron chi connectivity index (χ1n) is 4.82. The van der Waals surface area contributed by atoms with Crippen LogP contribution in [0.5, 0.6) is 0 Å². The maximum atomic E-state index is 4.55. The Balaban J connectivity index is 2.25. The third-order valence-electron chi connectivity index (χ3n) is 2.43. The summed E-state index contributed by atoms with van der Waals surface area (Å²) in [6, 6.07) is 3.92. The fourth-order valence-electron chi connectivity index (χ4n) is 1.69. The second-order valence-corrected chi connectivity index (χ2v) is 4.35. The van der Waals surface area contributed by atoms with Crippen molar-refractivity contribution in [3.05, 3.63) is 23.3 Å². The van der Waals surface area contributed by atoms with Crippen LogP contribution in [0.2, 0.25) is 0 Å². The van der Waals surface area contributed by atoms with Crippen molar-refractivity contribution in [2.24, 2.45) is 7.05 Å². The van der Waals surface area contributed by atoms with Crippen LogP contribution in [0.1, 0.15) is 5.69 Å². The van der Waals surface area contributed by atoms with Gasteiger partial charge in [0.2, 0.25) is 0 Å². The number of nitrogens with zero attached hydrogens (tertiary/aromatic N) is 5. The molecule has 3 rings (SSSR count). The van der Waals surface area contributed by atoms with Gasteiger partial charge in [-0.2, -0.15) is 0 Å². The van der Waals surface area contributed by atoms with Crippen LogP contribution in [-0.2, 0) is 7.05 Å². The number of fused-ring (bicyclic) bond motifs is 1. The third-order valence-corrected chi connectivity index (χ3v) is 3.17.